The molecule has 4 N–H and O–H groups in total. The van der Waals surface area contributed by atoms with Crippen molar-refractivity contribution in [1.82, 2.24) is 16.0 Å². The number of amides is 1. The average molecular weight is 354 g/mol. The number of hydrogen-bond acceptors (Lipinski definition) is 5. The summed E-state index contributed by atoms with van der Waals surface area (Å²) in [5, 5.41) is 19.2. The van der Waals surface area contributed by atoms with Gasteiger partial charge in [-0.15, -0.1) is 0 Å². The van der Waals surface area contributed by atoms with Gasteiger partial charge in [-0.1, -0.05) is 0 Å². The van der Waals surface area contributed by atoms with Crippen LogP contribution in [0.15, 0.2) is 27.8 Å². The van der Waals surface area contributed by atoms with Crippen LogP contribution in [0, 0.1) is 0 Å². The Morgan fingerprint density at radius 1 is 1.24 bits per heavy atom. The van der Waals surface area contributed by atoms with E-state index in [1.165, 1.54) is 6.26 Å². The molecule has 0 saturated carbocycles. The molecule has 25 heavy (non-hydrogen) atoms. The lowest BCUT2D eigenvalue weighted by molar-refractivity contribution is 0.0437. The largest absolute Gasteiger partial charge is 0.466 e. The third kappa shape index (κ3) is 8.44. The van der Waals surface area contributed by atoms with E-state index in [-0.39, 0.29) is 6.54 Å². The summed E-state index contributed by atoms with van der Waals surface area (Å²) in [5.74, 6) is 0.999. The highest BCUT2D eigenvalue weighted by Gasteiger charge is 2.26. The summed E-state index contributed by atoms with van der Waals surface area (Å²) in [6.07, 6.45) is 1.05. The van der Waals surface area contributed by atoms with Crippen LogP contribution in [0.5, 0.6) is 0 Å². The molecular weight excluding hydrogens is 324 g/mol. The number of nitrogens with zero attached hydrogens (tertiary/aromatic N) is 1. The van der Waals surface area contributed by atoms with Gasteiger partial charge in [-0.05, 0) is 46.8 Å². The van der Waals surface area contributed by atoms with E-state index in [2.05, 4.69) is 20.9 Å². The van der Waals surface area contributed by atoms with E-state index in [1.54, 1.807) is 19.1 Å². The van der Waals surface area contributed by atoms with E-state index < -0.39 is 17.3 Å². The smallest absolute Gasteiger partial charge is 0.407 e. The molecule has 0 fully saturated rings. The quantitative estimate of drug-likeness (QED) is 0.336. The van der Waals surface area contributed by atoms with Crippen molar-refractivity contribution in [3.8, 4) is 0 Å². The van der Waals surface area contributed by atoms with Crippen LogP contribution in [0.4, 0.5) is 4.79 Å². The Bertz CT molecular complexity index is 547. The summed E-state index contributed by atoms with van der Waals surface area (Å²) in [5.41, 5.74) is -1.72. The van der Waals surface area contributed by atoms with E-state index in [0.29, 0.717) is 31.4 Å². The van der Waals surface area contributed by atoms with Crippen LogP contribution in [0.2, 0.25) is 0 Å². The van der Waals surface area contributed by atoms with E-state index >= 15 is 0 Å². The van der Waals surface area contributed by atoms with Crippen molar-refractivity contribution in [2.45, 2.75) is 45.8 Å². The van der Waals surface area contributed by atoms with Gasteiger partial charge in [0.15, 0.2) is 5.96 Å². The van der Waals surface area contributed by atoms with E-state index in [0.717, 1.165) is 0 Å². The topological polar surface area (TPSA) is 108 Å². The number of rotatable bonds is 7. The van der Waals surface area contributed by atoms with Crippen LogP contribution in [0.25, 0.3) is 0 Å². The molecule has 1 atom stereocenters. The number of furan rings is 1. The molecular formula is C17H30N4O4. The maximum atomic E-state index is 11.6. The number of carbonyl (C=O) groups excluding carboxylic acids is 1. The predicted molar refractivity (Wildman–Crippen MR) is 96.5 cm³/mol. The third-order valence-electron chi connectivity index (χ3n) is 3.03. The van der Waals surface area contributed by atoms with Crippen molar-refractivity contribution in [3.05, 3.63) is 24.2 Å². The number of ether oxygens (including phenoxy) is 1. The molecule has 1 aromatic rings. The Morgan fingerprint density at radius 2 is 1.92 bits per heavy atom. The Labute approximate surface area is 149 Å². The summed E-state index contributed by atoms with van der Waals surface area (Å²) in [4.78, 5) is 15.9. The predicted octanol–water partition coefficient (Wildman–Crippen LogP) is 1.57. The van der Waals surface area contributed by atoms with Crippen molar-refractivity contribution in [1.29, 1.82) is 0 Å². The Balaban J connectivity index is 2.45. The molecule has 1 amide bonds. The van der Waals surface area contributed by atoms with Crippen LogP contribution in [-0.4, -0.2) is 48.9 Å². The Kier molecular flexibility index (Phi) is 7.76. The minimum atomic E-state index is -1.19. The number of hydrogen-bond donors (Lipinski definition) is 4. The molecule has 8 nitrogen and oxygen atoms in total. The van der Waals surface area contributed by atoms with Gasteiger partial charge in [0.25, 0.3) is 0 Å². The van der Waals surface area contributed by atoms with Gasteiger partial charge < -0.3 is 30.2 Å². The van der Waals surface area contributed by atoms with Gasteiger partial charge in [0.1, 0.15) is 17.0 Å². The molecule has 1 heterocycles. The summed E-state index contributed by atoms with van der Waals surface area (Å²) >= 11 is 0. The molecule has 0 aliphatic heterocycles. The van der Waals surface area contributed by atoms with Gasteiger partial charge in [-0.2, -0.15) is 0 Å². The molecule has 142 valence electrons. The fraction of sp³-hybridized carbons (Fsp3) is 0.647. The zero-order valence-corrected chi connectivity index (χ0v) is 15.7. The number of carbonyl (C=O) groups is 1. The van der Waals surface area contributed by atoms with Crippen LogP contribution in [0.3, 0.4) is 0 Å². The number of guanidine groups is 1. The van der Waals surface area contributed by atoms with E-state index in [9.17, 15) is 9.90 Å². The van der Waals surface area contributed by atoms with Crippen molar-refractivity contribution in [3.63, 3.8) is 0 Å². The van der Waals surface area contributed by atoms with Crippen LogP contribution in [0.1, 0.15) is 40.4 Å². The minimum Gasteiger partial charge on any atom is -0.466 e. The molecule has 0 aliphatic rings. The first kappa shape index (κ1) is 20.8. The fourth-order valence-electron chi connectivity index (χ4n) is 1.90. The molecule has 0 aromatic carbocycles. The standard InChI is InChI=1S/C17H30N4O4/c1-6-18-14(19-9-10-20-15(22)25-16(2,3)4)21-12-17(5,23)13-8-7-11-24-13/h7-8,11,23H,6,9-10,12H2,1-5H3,(H,20,22)(H2,18,19,21). The molecule has 0 aliphatic carbocycles. The molecule has 0 saturated heterocycles. The monoisotopic (exact) mass is 354 g/mol. The molecule has 1 aromatic heterocycles. The summed E-state index contributed by atoms with van der Waals surface area (Å²) in [7, 11) is 0. The van der Waals surface area contributed by atoms with Crippen molar-refractivity contribution in [2.75, 3.05) is 26.2 Å². The van der Waals surface area contributed by atoms with Crippen LogP contribution < -0.4 is 16.0 Å². The van der Waals surface area contributed by atoms with Gasteiger partial charge in [-0.25, -0.2) is 9.79 Å². The Hall–Kier alpha value is -2.22. The van der Waals surface area contributed by atoms with Crippen LogP contribution >= 0.6 is 0 Å². The Morgan fingerprint density at radius 3 is 2.48 bits per heavy atom. The van der Waals surface area contributed by atoms with Crippen molar-refractivity contribution < 1.29 is 19.1 Å². The fourth-order valence-corrected chi connectivity index (χ4v) is 1.90. The highest BCUT2D eigenvalue weighted by molar-refractivity contribution is 5.79. The zero-order chi connectivity index (χ0) is 18.9. The maximum absolute atomic E-state index is 11.6. The third-order valence-corrected chi connectivity index (χ3v) is 3.03. The number of aliphatic imine (C=N–C) groups is 1. The first-order chi connectivity index (χ1) is 11.6. The second-order valence-electron chi connectivity index (χ2n) is 6.80. The second-order valence-corrected chi connectivity index (χ2v) is 6.80. The van der Waals surface area contributed by atoms with Crippen LogP contribution in [-0.2, 0) is 10.3 Å². The minimum absolute atomic E-state index is 0.134. The highest BCUT2D eigenvalue weighted by atomic mass is 16.6. The molecule has 0 radical (unpaired) electrons. The zero-order valence-electron chi connectivity index (χ0n) is 15.7. The maximum Gasteiger partial charge on any atom is 0.407 e. The average Bonchev–Trinajstić information content (AvgIpc) is 3.02. The number of alkyl carbamates (subject to hydrolysis) is 1. The van der Waals surface area contributed by atoms with Crippen molar-refractivity contribution in [2.24, 2.45) is 4.99 Å². The summed E-state index contributed by atoms with van der Waals surface area (Å²) in [6, 6.07) is 3.43. The number of aliphatic hydroxyl groups is 1. The van der Waals surface area contributed by atoms with Gasteiger partial charge in [0, 0.05) is 19.6 Å². The molecule has 8 heteroatoms. The first-order valence-corrected chi connectivity index (χ1v) is 8.39. The SMILES string of the molecule is CCNC(=NCC(C)(O)c1ccco1)NCCNC(=O)OC(C)(C)C. The summed E-state index contributed by atoms with van der Waals surface area (Å²) < 4.78 is 10.4. The van der Waals surface area contributed by atoms with Crippen molar-refractivity contribution >= 4 is 12.1 Å². The lowest BCUT2D eigenvalue weighted by Gasteiger charge is -2.20. The van der Waals surface area contributed by atoms with Gasteiger partial charge in [-0.3, -0.25) is 0 Å². The molecule has 1 rings (SSSR count). The lowest BCUT2D eigenvalue weighted by Crippen LogP contribution is -2.43. The normalized spacial score (nSPS) is 14.6. The van der Waals surface area contributed by atoms with Gasteiger partial charge >= 0.3 is 6.09 Å². The molecule has 0 spiro atoms. The van der Waals surface area contributed by atoms with E-state index in [4.69, 9.17) is 9.15 Å². The number of nitrogens with one attached hydrogen (secondary N) is 3. The summed E-state index contributed by atoms with van der Waals surface area (Å²) in [6.45, 7) is 10.7. The highest BCUT2D eigenvalue weighted by Crippen LogP contribution is 2.20. The molecule has 0 bridgehead atoms. The van der Waals surface area contributed by atoms with E-state index in [1.807, 2.05) is 27.7 Å². The van der Waals surface area contributed by atoms with Gasteiger partial charge in [0.2, 0.25) is 0 Å². The van der Waals surface area contributed by atoms with Gasteiger partial charge in [0.05, 0.1) is 12.8 Å². The first-order valence-electron chi connectivity index (χ1n) is 8.39. The second kappa shape index (κ2) is 9.31. The lowest BCUT2D eigenvalue weighted by atomic mass is 10.0. The molecule has 1 unspecified atom stereocenters.